The fraction of sp³-hybridized carbons (Fsp3) is 0.467. The lowest BCUT2D eigenvalue weighted by atomic mass is 10.2. The zero-order chi connectivity index (χ0) is 16.4. The van der Waals surface area contributed by atoms with Crippen molar-refractivity contribution >= 4 is 39.9 Å². The Kier molecular flexibility index (Phi) is 4.81. The van der Waals surface area contributed by atoms with Crippen LogP contribution in [0.1, 0.15) is 13.8 Å². The van der Waals surface area contributed by atoms with Gasteiger partial charge in [0.15, 0.2) is 0 Å². The van der Waals surface area contributed by atoms with Crippen LogP contribution in [0.2, 0.25) is 0 Å². The molecule has 1 aromatic heterocycles. The van der Waals surface area contributed by atoms with Crippen LogP contribution >= 0.6 is 11.6 Å². The number of anilines is 2. The number of fused-ring (bicyclic) bond motifs is 1. The van der Waals surface area contributed by atoms with Gasteiger partial charge >= 0.3 is 5.69 Å². The van der Waals surface area contributed by atoms with Crippen molar-refractivity contribution in [3.8, 4) is 0 Å². The molecular weight excluding hydrogens is 304 g/mol. The van der Waals surface area contributed by atoms with E-state index in [1.807, 2.05) is 26.0 Å². The van der Waals surface area contributed by atoms with Crippen molar-refractivity contribution in [2.45, 2.75) is 13.8 Å². The Labute approximate surface area is 134 Å². The predicted molar refractivity (Wildman–Crippen MR) is 91.1 cm³/mol. The first-order valence-electron chi connectivity index (χ1n) is 7.24. The summed E-state index contributed by atoms with van der Waals surface area (Å²) in [5, 5.41) is 2.82. The second kappa shape index (κ2) is 6.44. The van der Waals surface area contributed by atoms with Crippen LogP contribution in [0.3, 0.4) is 0 Å². The first-order valence-corrected chi connectivity index (χ1v) is 7.78. The van der Waals surface area contributed by atoms with Crippen LogP contribution < -0.4 is 15.9 Å². The summed E-state index contributed by atoms with van der Waals surface area (Å²) < 4.78 is 3.17. The molecule has 0 saturated heterocycles. The van der Waals surface area contributed by atoms with Crippen LogP contribution in [-0.2, 0) is 18.9 Å². The summed E-state index contributed by atoms with van der Waals surface area (Å²) in [6.07, 6.45) is 0. The number of aryl methyl sites for hydroxylation is 2. The van der Waals surface area contributed by atoms with E-state index in [0.717, 1.165) is 29.8 Å². The molecule has 1 N–H and O–H groups in total. The molecule has 0 unspecified atom stereocenters. The van der Waals surface area contributed by atoms with Gasteiger partial charge in [0.05, 0.1) is 22.4 Å². The van der Waals surface area contributed by atoms with Gasteiger partial charge in [0.2, 0.25) is 5.91 Å². The Balaban J connectivity index is 2.72. The van der Waals surface area contributed by atoms with Crippen molar-refractivity contribution in [2.24, 2.45) is 14.1 Å². The van der Waals surface area contributed by atoms with Crippen molar-refractivity contribution in [1.82, 2.24) is 9.13 Å². The van der Waals surface area contributed by atoms with Gasteiger partial charge in [-0.1, -0.05) is 0 Å². The maximum Gasteiger partial charge on any atom is 0.328 e. The number of alkyl halides is 1. The highest BCUT2D eigenvalue weighted by Gasteiger charge is 2.16. The fourth-order valence-corrected chi connectivity index (χ4v) is 2.71. The Morgan fingerprint density at radius 2 is 1.73 bits per heavy atom. The van der Waals surface area contributed by atoms with Crippen LogP contribution in [-0.4, -0.2) is 34.0 Å². The van der Waals surface area contributed by atoms with Gasteiger partial charge < -0.3 is 10.2 Å². The van der Waals surface area contributed by atoms with E-state index in [9.17, 15) is 9.59 Å². The molecule has 2 rings (SSSR count). The first-order chi connectivity index (χ1) is 10.4. The standard InChI is InChI=1S/C15H21ClN4O2/c1-5-20(6-2)11-8-13-12(18(3)15(22)19(13)4)7-10(11)17-14(21)9-16/h7-8H,5-6,9H2,1-4H3,(H,17,21). The first kappa shape index (κ1) is 16.4. The molecule has 0 fully saturated rings. The minimum Gasteiger partial charge on any atom is -0.370 e. The number of carbonyl (C=O) groups excluding carboxylic acids is 1. The zero-order valence-electron chi connectivity index (χ0n) is 13.3. The van der Waals surface area contributed by atoms with Gasteiger partial charge in [-0.05, 0) is 26.0 Å². The van der Waals surface area contributed by atoms with Crippen LogP contribution in [0.15, 0.2) is 16.9 Å². The molecule has 120 valence electrons. The van der Waals surface area contributed by atoms with Crippen LogP contribution in [0.4, 0.5) is 11.4 Å². The van der Waals surface area contributed by atoms with Crippen molar-refractivity contribution in [2.75, 3.05) is 29.2 Å². The number of hydrogen-bond donors (Lipinski definition) is 1. The van der Waals surface area contributed by atoms with Crippen LogP contribution in [0.25, 0.3) is 11.0 Å². The van der Waals surface area contributed by atoms with Gasteiger partial charge in [0, 0.05) is 27.2 Å². The third-order valence-corrected chi connectivity index (χ3v) is 4.13. The number of aromatic nitrogens is 2. The summed E-state index contributed by atoms with van der Waals surface area (Å²) >= 11 is 5.60. The Morgan fingerprint density at radius 1 is 1.18 bits per heavy atom. The van der Waals surface area contributed by atoms with Crippen molar-refractivity contribution < 1.29 is 4.79 Å². The molecule has 0 atom stereocenters. The third-order valence-electron chi connectivity index (χ3n) is 3.89. The number of amides is 1. The van der Waals surface area contributed by atoms with E-state index < -0.39 is 0 Å². The zero-order valence-corrected chi connectivity index (χ0v) is 14.1. The monoisotopic (exact) mass is 324 g/mol. The van der Waals surface area contributed by atoms with Gasteiger partial charge in [0.25, 0.3) is 0 Å². The van der Waals surface area contributed by atoms with E-state index in [-0.39, 0.29) is 17.5 Å². The minimum absolute atomic E-state index is 0.0960. The van der Waals surface area contributed by atoms with Crippen molar-refractivity contribution in [1.29, 1.82) is 0 Å². The summed E-state index contributed by atoms with van der Waals surface area (Å²) in [6, 6.07) is 3.77. The van der Waals surface area contributed by atoms with Crippen molar-refractivity contribution in [3.63, 3.8) is 0 Å². The van der Waals surface area contributed by atoms with Gasteiger partial charge in [-0.15, -0.1) is 11.6 Å². The highest BCUT2D eigenvalue weighted by Crippen LogP contribution is 2.31. The molecule has 0 aliphatic heterocycles. The normalized spacial score (nSPS) is 11.0. The number of halogens is 1. The minimum atomic E-state index is -0.268. The molecule has 1 amide bonds. The highest BCUT2D eigenvalue weighted by molar-refractivity contribution is 6.29. The summed E-state index contributed by atoms with van der Waals surface area (Å²) in [4.78, 5) is 25.9. The quantitative estimate of drug-likeness (QED) is 0.855. The van der Waals surface area contributed by atoms with E-state index in [1.54, 1.807) is 23.2 Å². The van der Waals surface area contributed by atoms with E-state index in [2.05, 4.69) is 10.2 Å². The second-order valence-electron chi connectivity index (χ2n) is 5.11. The lowest BCUT2D eigenvalue weighted by Crippen LogP contribution is -2.24. The molecule has 7 heteroatoms. The van der Waals surface area contributed by atoms with Crippen LogP contribution in [0.5, 0.6) is 0 Å². The Hall–Kier alpha value is -1.95. The third kappa shape index (κ3) is 2.70. The molecule has 1 aromatic carbocycles. The molecule has 22 heavy (non-hydrogen) atoms. The smallest absolute Gasteiger partial charge is 0.328 e. The number of carbonyl (C=O) groups is 1. The van der Waals surface area contributed by atoms with Gasteiger partial charge in [-0.2, -0.15) is 0 Å². The molecule has 1 heterocycles. The van der Waals surface area contributed by atoms with Gasteiger partial charge in [-0.3, -0.25) is 13.9 Å². The molecule has 0 bridgehead atoms. The van der Waals surface area contributed by atoms with Gasteiger partial charge in [-0.25, -0.2) is 4.79 Å². The molecule has 0 radical (unpaired) electrons. The van der Waals surface area contributed by atoms with E-state index in [1.165, 1.54) is 0 Å². The number of hydrogen-bond acceptors (Lipinski definition) is 3. The summed E-state index contributed by atoms with van der Waals surface area (Å²) in [5.41, 5.74) is 3.06. The number of nitrogens with one attached hydrogen (secondary N) is 1. The molecule has 0 spiro atoms. The van der Waals surface area contributed by atoms with E-state index >= 15 is 0 Å². The largest absolute Gasteiger partial charge is 0.370 e. The summed E-state index contributed by atoms with van der Waals surface area (Å²) in [6.45, 7) is 5.69. The Bertz CT molecular complexity index is 759. The second-order valence-corrected chi connectivity index (χ2v) is 5.38. The number of benzene rings is 1. The average Bonchev–Trinajstić information content (AvgIpc) is 2.73. The summed E-state index contributed by atoms with van der Waals surface area (Å²) in [7, 11) is 3.46. The lowest BCUT2D eigenvalue weighted by molar-refractivity contribution is -0.113. The molecule has 2 aromatic rings. The SMILES string of the molecule is CCN(CC)c1cc2c(cc1NC(=O)CCl)n(C)c(=O)n2C. The number of imidazole rings is 1. The fourth-order valence-electron chi connectivity index (χ4n) is 2.64. The lowest BCUT2D eigenvalue weighted by Gasteiger charge is -2.24. The van der Waals surface area contributed by atoms with Gasteiger partial charge in [0.1, 0.15) is 5.88 Å². The molecule has 0 aliphatic carbocycles. The van der Waals surface area contributed by atoms with Crippen molar-refractivity contribution in [3.05, 3.63) is 22.6 Å². The molecular formula is C15H21ClN4O2. The predicted octanol–water partition coefficient (Wildman–Crippen LogP) is 1.90. The molecule has 0 aliphatic rings. The topological polar surface area (TPSA) is 59.3 Å². The number of rotatable bonds is 5. The van der Waals surface area contributed by atoms with E-state index in [0.29, 0.717) is 5.69 Å². The van der Waals surface area contributed by atoms with E-state index in [4.69, 9.17) is 11.6 Å². The summed E-state index contributed by atoms with van der Waals surface area (Å²) in [5.74, 6) is -0.376. The molecule has 0 saturated carbocycles. The highest BCUT2D eigenvalue weighted by atomic mass is 35.5. The van der Waals surface area contributed by atoms with Crippen LogP contribution in [0, 0.1) is 0 Å². The maximum absolute atomic E-state index is 12.1. The average molecular weight is 325 g/mol. The number of nitrogens with zero attached hydrogens (tertiary/aromatic N) is 3. The maximum atomic E-state index is 12.1. The molecule has 6 nitrogen and oxygen atoms in total. The Morgan fingerprint density at radius 3 is 2.23 bits per heavy atom.